The molecule has 1 fully saturated rings. The van der Waals surface area contributed by atoms with Gasteiger partial charge in [-0.1, -0.05) is 13.8 Å². The largest absolute Gasteiger partial charge is 0.338 e. The van der Waals surface area contributed by atoms with E-state index in [1.54, 1.807) is 18.5 Å². The Morgan fingerprint density at radius 3 is 2.92 bits per heavy atom. The van der Waals surface area contributed by atoms with E-state index in [9.17, 15) is 9.59 Å². The quantitative estimate of drug-likeness (QED) is 0.871. The van der Waals surface area contributed by atoms with Gasteiger partial charge in [0.2, 0.25) is 5.91 Å². The van der Waals surface area contributed by atoms with E-state index in [0.717, 1.165) is 30.6 Å². The molecule has 0 aromatic carbocycles. The number of hydrogen-bond acceptors (Lipinski definition) is 3. The molecule has 0 saturated carbocycles. The number of amides is 3. The van der Waals surface area contributed by atoms with Gasteiger partial charge in [-0.15, -0.1) is 0 Å². The minimum absolute atomic E-state index is 0.00117. The first-order valence-electron chi connectivity index (χ1n) is 8.69. The lowest BCUT2D eigenvalue weighted by molar-refractivity contribution is -0.117. The Kier molecular flexibility index (Phi) is 6.58. The summed E-state index contributed by atoms with van der Waals surface area (Å²) >= 11 is 0. The number of hydrogen-bond donors (Lipinski definition) is 2. The molecule has 1 atom stereocenters. The molecule has 6 nitrogen and oxygen atoms in total. The number of aryl methyl sites for hydroxylation is 1. The molecule has 2 rings (SSSR count). The molecule has 0 aliphatic carbocycles. The summed E-state index contributed by atoms with van der Waals surface area (Å²) in [6.07, 6.45) is 5.77. The Bertz CT molecular complexity index is 574. The lowest BCUT2D eigenvalue weighted by Gasteiger charge is -2.32. The monoisotopic (exact) mass is 332 g/mol. The number of urea groups is 1. The van der Waals surface area contributed by atoms with Gasteiger partial charge in [0, 0.05) is 44.1 Å². The van der Waals surface area contributed by atoms with Gasteiger partial charge in [-0.3, -0.25) is 9.78 Å². The zero-order valence-corrected chi connectivity index (χ0v) is 14.8. The second-order valence-electron chi connectivity index (χ2n) is 6.98. The second-order valence-corrected chi connectivity index (χ2v) is 6.98. The molecular weight excluding hydrogens is 304 g/mol. The van der Waals surface area contributed by atoms with E-state index in [-0.39, 0.29) is 17.9 Å². The Morgan fingerprint density at radius 1 is 1.42 bits per heavy atom. The topological polar surface area (TPSA) is 74.3 Å². The number of nitrogens with zero attached hydrogens (tertiary/aromatic N) is 2. The summed E-state index contributed by atoms with van der Waals surface area (Å²) in [5, 5.41) is 5.90. The van der Waals surface area contributed by atoms with Crippen LogP contribution >= 0.6 is 0 Å². The van der Waals surface area contributed by atoms with Crippen LogP contribution in [0.1, 0.15) is 38.7 Å². The van der Waals surface area contributed by atoms with E-state index >= 15 is 0 Å². The summed E-state index contributed by atoms with van der Waals surface area (Å²) in [5.41, 5.74) is 1.75. The molecule has 0 bridgehead atoms. The summed E-state index contributed by atoms with van der Waals surface area (Å²) in [7, 11) is 0. The second kappa shape index (κ2) is 8.66. The Labute approximate surface area is 144 Å². The molecule has 1 aromatic heterocycles. The lowest BCUT2D eigenvalue weighted by atomic mass is 9.94. The van der Waals surface area contributed by atoms with Gasteiger partial charge in [0.05, 0.1) is 0 Å². The van der Waals surface area contributed by atoms with E-state index < -0.39 is 0 Å². The standard InChI is InChI=1S/C18H28N4O2/c1-13(2)10-20-18(24)22-8-4-5-15(12-22)9-17(23)21-16-6-7-19-11-14(16)3/h6-7,11,13,15H,4-5,8-10,12H2,1-3H3,(H,20,24)(H,19,21,23). The van der Waals surface area contributed by atoms with Crippen LogP contribution in [0.2, 0.25) is 0 Å². The molecule has 3 amide bonds. The van der Waals surface area contributed by atoms with Gasteiger partial charge in [-0.05, 0) is 43.2 Å². The summed E-state index contributed by atoms with van der Waals surface area (Å²) < 4.78 is 0. The zero-order chi connectivity index (χ0) is 17.5. The highest BCUT2D eigenvalue weighted by atomic mass is 16.2. The fourth-order valence-electron chi connectivity index (χ4n) is 2.90. The van der Waals surface area contributed by atoms with Crippen molar-refractivity contribution in [3.05, 3.63) is 24.0 Å². The van der Waals surface area contributed by atoms with Crippen molar-refractivity contribution in [2.24, 2.45) is 11.8 Å². The number of rotatable bonds is 5. The number of anilines is 1. The highest BCUT2D eigenvalue weighted by Crippen LogP contribution is 2.21. The van der Waals surface area contributed by atoms with E-state index in [0.29, 0.717) is 25.4 Å². The maximum atomic E-state index is 12.3. The predicted molar refractivity (Wildman–Crippen MR) is 94.8 cm³/mol. The first-order chi connectivity index (χ1) is 11.5. The molecule has 1 saturated heterocycles. The van der Waals surface area contributed by atoms with Crippen LogP contribution in [0.3, 0.4) is 0 Å². The SMILES string of the molecule is Cc1cnccc1NC(=O)CC1CCCN(C(=O)NCC(C)C)C1. The van der Waals surface area contributed by atoms with E-state index in [1.165, 1.54) is 0 Å². The lowest BCUT2D eigenvalue weighted by Crippen LogP contribution is -2.46. The average Bonchev–Trinajstić information content (AvgIpc) is 2.55. The van der Waals surface area contributed by atoms with E-state index in [1.807, 2.05) is 11.8 Å². The van der Waals surface area contributed by atoms with Gasteiger partial charge in [0.15, 0.2) is 0 Å². The fraction of sp³-hybridized carbons (Fsp3) is 0.611. The number of aromatic nitrogens is 1. The van der Waals surface area contributed by atoms with E-state index in [2.05, 4.69) is 29.5 Å². The van der Waals surface area contributed by atoms with Gasteiger partial charge in [-0.2, -0.15) is 0 Å². The molecule has 132 valence electrons. The van der Waals surface area contributed by atoms with Gasteiger partial charge < -0.3 is 15.5 Å². The molecule has 0 spiro atoms. The van der Waals surface area contributed by atoms with Crippen LogP contribution in [0.15, 0.2) is 18.5 Å². The number of likely N-dealkylation sites (tertiary alicyclic amines) is 1. The first kappa shape index (κ1) is 18.2. The Morgan fingerprint density at radius 2 is 2.21 bits per heavy atom. The third-order valence-corrected chi connectivity index (χ3v) is 4.24. The number of piperidine rings is 1. The van der Waals surface area contributed by atoms with Gasteiger partial charge in [0.1, 0.15) is 0 Å². The normalized spacial score (nSPS) is 17.7. The van der Waals surface area contributed by atoms with Crippen molar-refractivity contribution in [2.45, 2.75) is 40.0 Å². The molecule has 1 aliphatic rings. The van der Waals surface area contributed by atoms with E-state index in [4.69, 9.17) is 0 Å². The Balaban J connectivity index is 1.83. The minimum atomic E-state index is -0.0150. The third kappa shape index (κ3) is 5.51. The number of carbonyl (C=O) groups is 2. The maximum absolute atomic E-state index is 12.3. The molecule has 2 heterocycles. The number of carbonyl (C=O) groups excluding carboxylic acids is 2. The van der Waals surface area contributed by atoms with Crippen LogP contribution in [0.4, 0.5) is 10.5 Å². The molecule has 0 radical (unpaired) electrons. The number of pyridine rings is 1. The minimum Gasteiger partial charge on any atom is -0.338 e. The van der Waals surface area contributed by atoms with Crippen LogP contribution in [-0.2, 0) is 4.79 Å². The summed E-state index contributed by atoms with van der Waals surface area (Å²) in [6.45, 7) is 8.17. The van der Waals surface area contributed by atoms with Crippen LogP contribution in [-0.4, -0.2) is 41.5 Å². The molecule has 1 aromatic rings. The molecular formula is C18H28N4O2. The Hall–Kier alpha value is -2.11. The average molecular weight is 332 g/mol. The van der Waals surface area contributed by atoms with Crippen molar-refractivity contribution < 1.29 is 9.59 Å². The predicted octanol–water partition coefficient (Wildman–Crippen LogP) is 2.80. The van der Waals surface area contributed by atoms with Gasteiger partial charge in [-0.25, -0.2) is 4.79 Å². The van der Waals surface area contributed by atoms with Crippen molar-refractivity contribution in [3.8, 4) is 0 Å². The highest BCUT2D eigenvalue weighted by Gasteiger charge is 2.25. The number of nitrogens with one attached hydrogen (secondary N) is 2. The van der Waals surface area contributed by atoms with Crippen LogP contribution in [0.5, 0.6) is 0 Å². The summed E-state index contributed by atoms with van der Waals surface area (Å²) in [5.74, 6) is 0.647. The molecule has 1 aliphatic heterocycles. The molecule has 24 heavy (non-hydrogen) atoms. The zero-order valence-electron chi connectivity index (χ0n) is 14.8. The molecule has 1 unspecified atom stereocenters. The van der Waals surface area contributed by atoms with Crippen molar-refractivity contribution >= 4 is 17.6 Å². The van der Waals surface area contributed by atoms with Crippen molar-refractivity contribution in [2.75, 3.05) is 25.0 Å². The molecule has 6 heteroatoms. The fourth-order valence-corrected chi connectivity index (χ4v) is 2.90. The summed E-state index contributed by atoms with van der Waals surface area (Å²) in [4.78, 5) is 30.3. The van der Waals surface area contributed by atoms with Gasteiger partial charge in [0.25, 0.3) is 0 Å². The van der Waals surface area contributed by atoms with Crippen molar-refractivity contribution in [1.29, 1.82) is 0 Å². The molecule has 2 N–H and O–H groups in total. The van der Waals surface area contributed by atoms with Gasteiger partial charge >= 0.3 is 6.03 Å². The van der Waals surface area contributed by atoms with Crippen LogP contribution in [0.25, 0.3) is 0 Å². The van der Waals surface area contributed by atoms with Crippen LogP contribution in [0, 0.1) is 18.8 Å². The third-order valence-electron chi connectivity index (χ3n) is 4.24. The van der Waals surface area contributed by atoms with Crippen molar-refractivity contribution in [3.63, 3.8) is 0 Å². The maximum Gasteiger partial charge on any atom is 0.317 e. The smallest absolute Gasteiger partial charge is 0.317 e. The summed E-state index contributed by atoms with van der Waals surface area (Å²) in [6, 6.07) is 1.79. The highest BCUT2D eigenvalue weighted by molar-refractivity contribution is 5.91. The van der Waals surface area contributed by atoms with Crippen molar-refractivity contribution in [1.82, 2.24) is 15.2 Å². The first-order valence-corrected chi connectivity index (χ1v) is 8.69. The van der Waals surface area contributed by atoms with Crippen LogP contribution < -0.4 is 10.6 Å².